The number of aryl methyl sites for hydroxylation is 1. The maximum Gasteiger partial charge on any atom is 0.241 e. The van der Waals surface area contributed by atoms with Gasteiger partial charge in [0.05, 0.1) is 6.04 Å². The summed E-state index contributed by atoms with van der Waals surface area (Å²) in [5.74, 6) is 0.809. The van der Waals surface area contributed by atoms with Crippen LogP contribution < -0.4 is 11.1 Å². The predicted molar refractivity (Wildman–Crippen MR) is 76.0 cm³/mol. The van der Waals surface area contributed by atoms with Crippen molar-refractivity contribution in [1.82, 2.24) is 10.1 Å². The van der Waals surface area contributed by atoms with Crippen LogP contribution in [0.4, 0.5) is 5.69 Å². The number of nitrogens with one attached hydrogen (secondary N) is 1. The first kappa shape index (κ1) is 14.2. The van der Waals surface area contributed by atoms with Crippen molar-refractivity contribution in [3.05, 3.63) is 30.2 Å². The molecule has 3 N–H and O–H groups in total. The molecule has 106 valence electrons. The van der Waals surface area contributed by atoms with Crippen LogP contribution in [0.25, 0.3) is 11.4 Å². The van der Waals surface area contributed by atoms with Crippen LogP contribution in [0.2, 0.25) is 0 Å². The molecular formula is C14H18N4O2. The van der Waals surface area contributed by atoms with Gasteiger partial charge in [0.1, 0.15) is 0 Å². The Morgan fingerprint density at radius 2 is 2.30 bits per heavy atom. The first-order valence-electron chi connectivity index (χ1n) is 6.57. The molecule has 1 heterocycles. The zero-order chi connectivity index (χ0) is 14.5. The SMILES string of the molecule is CCCC(N)C(=O)Nc1cccc(-c2noc(C)n2)c1. The highest BCUT2D eigenvalue weighted by atomic mass is 16.5. The number of carbonyl (C=O) groups is 1. The van der Waals surface area contributed by atoms with Crippen LogP contribution in [0, 0.1) is 6.92 Å². The first-order chi connectivity index (χ1) is 9.60. The number of hydrogen-bond donors (Lipinski definition) is 2. The van der Waals surface area contributed by atoms with Crippen molar-refractivity contribution >= 4 is 11.6 Å². The maximum atomic E-state index is 11.9. The van der Waals surface area contributed by atoms with Crippen molar-refractivity contribution in [2.24, 2.45) is 5.73 Å². The molecule has 0 aliphatic carbocycles. The van der Waals surface area contributed by atoms with E-state index in [1.54, 1.807) is 19.1 Å². The summed E-state index contributed by atoms with van der Waals surface area (Å²) >= 11 is 0. The van der Waals surface area contributed by atoms with Crippen LogP contribution in [-0.2, 0) is 4.79 Å². The number of nitrogens with zero attached hydrogens (tertiary/aromatic N) is 2. The first-order valence-corrected chi connectivity index (χ1v) is 6.57. The van der Waals surface area contributed by atoms with Crippen LogP contribution in [0.15, 0.2) is 28.8 Å². The second-order valence-corrected chi connectivity index (χ2v) is 4.60. The Morgan fingerprint density at radius 1 is 1.50 bits per heavy atom. The van der Waals surface area contributed by atoms with E-state index in [4.69, 9.17) is 10.3 Å². The molecule has 1 aromatic carbocycles. The molecule has 0 bridgehead atoms. The fourth-order valence-corrected chi connectivity index (χ4v) is 1.83. The van der Waals surface area contributed by atoms with Crippen LogP contribution in [0.5, 0.6) is 0 Å². The van der Waals surface area contributed by atoms with Gasteiger partial charge in [-0.25, -0.2) is 0 Å². The maximum absolute atomic E-state index is 11.9. The molecule has 6 heteroatoms. The van der Waals surface area contributed by atoms with Gasteiger partial charge < -0.3 is 15.6 Å². The van der Waals surface area contributed by atoms with Crippen LogP contribution in [0.1, 0.15) is 25.7 Å². The molecule has 2 rings (SSSR count). The number of aromatic nitrogens is 2. The van der Waals surface area contributed by atoms with Crippen LogP contribution in [0.3, 0.4) is 0 Å². The second-order valence-electron chi connectivity index (χ2n) is 4.60. The van der Waals surface area contributed by atoms with Gasteiger partial charge in [0.15, 0.2) is 0 Å². The van der Waals surface area contributed by atoms with Gasteiger partial charge in [0, 0.05) is 18.2 Å². The van der Waals surface area contributed by atoms with Crippen LogP contribution in [-0.4, -0.2) is 22.1 Å². The Balaban J connectivity index is 2.12. The number of hydrogen-bond acceptors (Lipinski definition) is 5. The summed E-state index contributed by atoms with van der Waals surface area (Å²) in [7, 11) is 0. The van der Waals surface area contributed by atoms with E-state index in [0.717, 1.165) is 12.0 Å². The summed E-state index contributed by atoms with van der Waals surface area (Å²) in [4.78, 5) is 16.0. The predicted octanol–water partition coefficient (Wildman–Crippen LogP) is 2.11. The molecule has 0 radical (unpaired) electrons. The van der Waals surface area contributed by atoms with E-state index in [2.05, 4.69) is 15.5 Å². The van der Waals surface area contributed by atoms with Gasteiger partial charge in [-0.1, -0.05) is 30.6 Å². The zero-order valence-corrected chi connectivity index (χ0v) is 11.6. The van der Waals surface area contributed by atoms with E-state index in [9.17, 15) is 4.79 Å². The molecule has 2 aromatic rings. The highest BCUT2D eigenvalue weighted by Gasteiger charge is 2.13. The third kappa shape index (κ3) is 3.42. The average Bonchev–Trinajstić information content (AvgIpc) is 2.86. The fraction of sp³-hybridized carbons (Fsp3) is 0.357. The number of nitrogens with two attached hydrogens (primary N) is 1. The molecule has 1 unspecified atom stereocenters. The summed E-state index contributed by atoms with van der Waals surface area (Å²) in [6, 6.07) is 6.78. The summed E-state index contributed by atoms with van der Waals surface area (Å²) in [6.07, 6.45) is 1.53. The van der Waals surface area contributed by atoms with Gasteiger partial charge in [0.2, 0.25) is 17.6 Å². The second kappa shape index (κ2) is 6.29. The van der Waals surface area contributed by atoms with E-state index in [1.807, 2.05) is 19.1 Å². The normalized spacial score (nSPS) is 12.2. The van der Waals surface area contributed by atoms with Gasteiger partial charge in [-0.05, 0) is 18.6 Å². The minimum Gasteiger partial charge on any atom is -0.339 e. The Hall–Kier alpha value is -2.21. The van der Waals surface area contributed by atoms with Gasteiger partial charge in [-0.3, -0.25) is 4.79 Å². The van der Waals surface area contributed by atoms with E-state index >= 15 is 0 Å². The lowest BCUT2D eigenvalue weighted by Gasteiger charge is -2.11. The smallest absolute Gasteiger partial charge is 0.241 e. The minimum atomic E-state index is -0.490. The van der Waals surface area contributed by atoms with Gasteiger partial charge in [-0.2, -0.15) is 4.98 Å². The molecule has 0 saturated carbocycles. The summed E-state index contributed by atoms with van der Waals surface area (Å²) in [5, 5.41) is 6.64. The molecule has 0 aliphatic heterocycles. The Kier molecular flexibility index (Phi) is 4.47. The van der Waals surface area contributed by atoms with Crippen molar-refractivity contribution in [2.75, 3.05) is 5.32 Å². The van der Waals surface area contributed by atoms with E-state index in [1.165, 1.54) is 0 Å². The topological polar surface area (TPSA) is 94.0 Å². The highest BCUT2D eigenvalue weighted by molar-refractivity contribution is 5.95. The van der Waals surface area contributed by atoms with Crippen LogP contribution >= 0.6 is 0 Å². The van der Waals surface area contributed by atoms with E-state index < -0.39 is 6.04 Å². The quantitative estimate of drug-likeness (QED) is 0.870. The molecule has 6 nitrogen and oxygen atoms in total. The fourth-order valence-electron chi connectivity index (χ4n) is 1.83. The molecule has 0 spiro atoms. The van der Waals surface area contributed by atoms with Crippen molar-refractivity contribution in [2.45, 2.75) is 32.7 Å². The lowest BCUT2D eigenvalue weighted by Crippen LogP contribution is -2.35. The number of rotatable bonds is 5. The van der Waals surface area contributed by atoms with Gasteiger partial charge >= 0.3 is 0 Å². The largest absolute Gasteiger partial charge is 0.339 e. The Labute approximate surface area is 117 Å². The molecule has 0 fully saturated rings. The highest BCUT2D eigenvalue weighted by Crippen LogP contribution is 2.20. The van der Waals surface area contributed by atoms with E-state index in [-0.39, 0.29) is 5.91 Å². The number of anilines is 1. The molecule has 20 heavy (non-hydrogen) atoms. The van der Waals surface area contributed by atoms with E-state index in [0.29, 0.717) is 23.8 Å². The number of benzene rings is 1. The Morgan fingerprint density at radius 3 is 2.95 bits per heavy atom. The van der Waals surface area contributed by atoms with Gasteiger partial charge in [-0.15, -0.1) is 0 Å². The molecular weight excluding hydrogens is 256 g/mol. The lowest BCUT2D eigenvalue weighted by atomic mass is 10.1. The van der Waals surface area contributed by atoms with Crippen molar-refractivity contribution < 1.29 is 9.32 Å². The third-order valence-electron chi connectivity index (χ3n) is 2.85. The molecule has 1 amide bonds. The summed E-state index contributed by atoms with van der Waals surface area (Å²) in [6.45, 7) is 3.72. The van der Waals surface area contributed by atoms with Crippen molar-refractivity contribution in [1.29, 1.82) is 0 Å². The lowest BCUT2D eigenvalue weighted by molar-refractivity contribution is -0.117. The molecule has 1 atom stereocenters. The van der Waals surface area contributed by atoms with Crippen molar-refractivity contribution in [3.63, 3.8) is 0 Å². The summed E-state index contributed by atoms with van der Waals surface area (Å²) < 4.78 is 4.94. The molecule has 0 aliphatic rings. The molecule has 1 aromatic heterocycles. The van der Waals surface area contributed by atoms with Gasteiger partial charge in [0.25, 0.3) is 0 Å². The average molecular weight is 274 g/mol. The standard InChI is InChI=1S/C14H18N4O2/c1-3-5-12(15)14(19)17-11-7-4-6-10(8-11)13-16-9(2)20-18-13/h4,6-8,12H,3,5,15H2,1-2H3,(H,17,19). The summed E-state index contributed by atoms with van der Waals surface area (Å²) in [5.41, 5.74) is 7.23. The van der Waals surface area contributed by atoms with Crippen molar-refractivity contribution in [3.8, 4) is 11.4 Å². The molecule has 0 saturated heterocycles. The third-order valence-corrected chi connectivity index (χ3v) is 2.85. The number of carbonyl (C=O) groups excluding carboxylic acids is 1. The number of amides is 1. The monoisotopic (exact) mass is 274 g/mol. The zero-order valence-electron chi connectivity index (χ0n) is 11.6. The Bertz CT molecular complexity index is 594. The minimum absolute atomic E-state index is 0.187.